The lowest BCUT2D eigenvalue weighted by atomic mass is 10.00. The number of carboxylic acid groups (broad SMARTS) is 1. The van der Waals surface area contributed by atoms with Crippen LogP contribution in [0.3, 0.4) is 0 Å². The van der Waals surface area contributed by atoms with E-state index in [-0.39, 0.29) is 178 Å². The molecule has 2 saturated heterocycles. The van der Waals surface area contributed by atoms with Crippen LogP contribution in [0.5, 0.6) is 0 Å². The zero-order valence-corrected chi connectivity index (χ0v) is 82.5. The Balaban J connectivity index is 1.09. The minimum absolute atomic E-state index is 0.00666. The Bertz CT molecular complexity index is 5000. The number of aliphatic hydroxyl groups is 3. The zero-order chi connectivity index (χ0) is 108. The van der Waals surface area contributed by atoms with Gasteiger partial charge in [-0.15, -0.1) is 0 Å². The first-order valence-corrected chi connectivity index (χ1v) is 48.4. The quantitative estimate of drug-likeness (QED) is 0.0111. The monoisotopic (exact) mass is 2050 g/mol. The molecule has 146 heavy (non-hydrogen) atoms. The molecular formula is C92H144N32O22. The number of benzene rings is 2. The highest BCUT2D eigenvalue weighted by Gasteiger charge is 2.44. The fourth-order valence-electron chi connectivity index (χ4n) is 16.0. The summed E-state index contributed by atoms with van der Waals surface area (Å²) in [5.74, 6) is -18.6. The molecule has 0 unspecified atom stereocenters. The summed E-state index contributed by atoms with van der Waals surface area (Å²) in [7, 11) is 0. The van der Waals surface area contributed by atoms with Crippen LogP contribution >= 0.6 is 0 Å². The summed E-state index contributed by atoms with van der Waals surface area (Å²) < 4.78 is 0. The molecule has 0 aliphatic carbocycles. The van der Waals surface area contributed by atoms with Crippen LogP contribution in [0, 0.1) is 28.1 Å². The number of guanidine groups is 3. The summed E-state index contributed by atoms with van der Waals surface area (Å²) in [6.45, 7) is 4.13. The number of carbonyl (C=O) groups excluding carboxylic acids is 17. The second-order valence-electron chi connectivity index (χ2n) is 36.3. The van der Waals surface area contributed by atoms with Crippen molar-refractivity contribution >= 4 is 124 Å². The van der Waals surface area contributed by atoms with Gasteiger partial charge in [-0.3, -0.25) is 97.7 Å². The van der Waals surface area contributed by atoms with Crippen molar-refractivity contribution in [2.45, 2.75) is 253 Å². The number of aromatic nitrogens is 4. The van der Waals surface area contributed by atoms with Crippen LogP contribution in [0.15, 0.2) is 85.7 Å². The van der Waals surface area contributed by atoms with Crippen molar-refractivity contribution < 1.29 is 107 Å². The van der Waals surface area contributed by atoms with Gasteiger partial charge in [-0.25, -0.2) is 14.8 Å². The van der Waals surface area contributed by atoms with Crippen molar-refractivity contribution in [2.75, 3.05) is 72.2 Å². The van der Waals surface area contributed by atoms with Crippen molar-refractivity contribution in [2.24, 2.45) is 40.5 Å². The van der Waals surface area contributed by atoms with Crippen LogP contribution in [0.2, 0.25) is 0 Å². The number of unbranched alkanes of at least 4 members (excludes halogenated alkanes) is 1. The summed E-state index contributed by atoms with van der Waals surface area (Å²) in [6, 6.07) is -6.49. The first kappa shape index (κ1) is 120. The molecule has 2 fully saturated rings. The van der Waals surface area contributed by atoms with Gasteiger partial charge in [-0.1, -0.05) is 88.4 Å². The molecule has 0 radical (unpaired) electrons. The molecular weight excluding hydrogens is 1910 g/mol. The van der Waals surface area contributed by atoms with E-state index in [9.17, 15) is 107 Å². The van der Waals surface area contributed by atoms with Crippen LogP contribution in [-0.2, 0) is 112 Å². The number of aliphatic carboxylic acids is 1. The number of nitrogens with zero attached hydrogens (tertiary/aromatic N) is 4. The Labute approximate surface area is 843 Å². The van der Waals surface area contributed by atoms with Crippen LogP contribution in [0.25, 0.3) is 0 Å². The summed E-state index contributed by atoms with van der Waals surface area (Å²) in [6.07, 6.45) is 5.91. The molecule has 54 nitrogen and oxygen atoms in total. The van der Waals surface area contributed by atoms with E-state index in [1.807, 2.05) is 0 Å². The molecule has 2 aromatic carbocycles. The van der Waals surface area contributed by atoms with Crippen LogP contribution in [0.4, 0.5) is 0 Å². The van der Waals surface area contributed by atoms with Crippen LogP contribution < -0.4 is 124 Å². The predicted molar refractivity (Wildman–Crippen MR) is 527 cm³/mol. The number of aliphatic hydroxyl groups excluding tert-OH is 3. The third-order valence-corrected chi connectivity index (χ3v) is 23.6. The highest BCUT2D eigenvalue weighted by molar-refractivity contribution is 6.02. The first-order valence-electron chi connectivity index (χ1n) is 48.4. The molecule has 54 heteroatoms. The molecule has 0 bridgehead atoms. The van der Waals surface area contributed by atoms with Gasteiger partial charge < -0.3 is 165 Å². The maximum atomic E-state index is 14.7. The molecule has 0 spiro atoms. The van der Waals surface area contributed by atoms with E-state index in [2.05, 4.69) is 116 Å². The number of nitrogens with two attached hydrogens (primary N) is 5. The number of H-pyrrole nitrogens is 2. The molecule has 6 rings (SSSR count). The second-order valence-corrected chi connectivity index (χ2v) is 36.3. The van der Waals surface area contributed by atoms with Gasteiger partial charge in [-0.05, 0) is 133 Å². The van der Waals surface area contributed by atoms with Gasteiger partial charge in [0.15, 0.2) is 17.9 Å². The number of carbonyl (C=O) groups is 18. The van der Waals surface area contributed by atoms with Crippen molar-refractivity contribution in [3.8, 4) is 0 Å². The van der Waals surface area contributed by atoms with E-state index in [0.717, 1.165) is 4.90 Å². The van der Waals surface area contributed by atoms with Gasteiger partial charge in [0, 0.05) is 70.8 Å². The van der Waals surface area contributed by atoms with Gasteiger partial charge in [0.2, 0.25) is 100 Å². The fraction of sp³-hybridized carbons (Fsp3) is 0.576. The van der Waals surface area contributed by atoms with Crippen molar-refractivity contribution in [3.05, 3.63) is 108 Å². The Morgan fingerprint density at radius 1 is 0.390 bits per heavy atom. The minimum atomic E-state index is -1.82. The average molecular weight is 2050 g/mol. The Hall–Kier alpha value is -15.1. The third kappa shape index (κ3) is 41.7. The third-order valence-electron chi connectivity index (χ3n) is 23.6. The second kappa shape index (κ2) is 62.5. The molecule has 17 amide bonds. The molecule has 4 heterocycles. The largest absolute Gasteiger partial charge is 0.480 e. The van der Waals surface area contributed by atoms with E-state index >= 15 is 0 Å². The molecule has 0 saturated carbocycles. The summed E-state index contributed by atoms with van der Waals surface area (Å²) in [5.41, 5.74) is 29.6. The minimum Gasteiger partial charge on any atom is -0.480 e. The Kier molecular flexibility index (Phi) is 51.2. The maximum Gasteiger partial charge on any atom is 0.326 e. The molecule has 2 aliphatic heterocycles. The number of likely N-dealkylation sites (tertiary alicyclic amines) is 2. The number of hydrogen-bond acceptors (Lipinski definition) is 28. The first-order chi connectivity index (χ1) is 69.5. The molecule has 2 aromatic heterocycles. The number of hydrogen-bond donors (Lipinski definition) is 32. The van der Waals surface area contributed by atoms with E-state index in [4.69, 9.17) is 44.9 Å². The summed E-state index contributed by atoms with van der Waals surface area (Å²) in [4.78, 5) is 270. The number of imidazole rings is 2. The lowest BCUT2D eigenvalue weighted by Crippen LogP contribution is -2.61. The lowest BCUT2D eigenvalue weighted by Gasteiger charge is -2.31. The topological polar surface area (TPSA) is 870 Å². The van der Waals surface area contributed by atoms with Gasteiger partial charge >= 0.3 is 5.97 Å². The predicted octanol–water partition coefficient (Wildman–Crippen LogP) is -9.66. The molecule has 2 aliphatic rings. The van der Waals surface area contributed by atoms with Crippen molar-refractivity contribution in [3.63, 3.8) is 0 Å². The van der Waals surface area contributed by atoms with Crippen molar-refractivity contribution in [1.82, 2.24) is 125 Å². The van der Waals surface area contributed by atoms with E-state index in [0.29, 0.717) is 29.7 Å². The Morgan fingerprint density at radius 3 is 1.16 bits per heavy atom. The average Bonchev–Trinajstić information content (AvgIpc) is 1.67. The smallest absolute Gasteiger partial charge is 0.326 e. The van der Waals surface area contributed by atoms with E-state index in [1.165, 1.54) is 36.9 Å². The van der Waals surface area contributed by atoms with E-state index in [1.54, 1.807) is 88.4 Å². The number of rotatable bonds is 64. The van der Waals surface area contributed by atoms with Crippen LogP contribution in [-0.4, -0.2) is 343 Å². The zero-order valence-electron chi connectivity index (χ0n) is 82.5. The number of carboxylic acids is 1. The Morgan fingerprint density at radius 2 is 0.733 bits per heavy atom. The number of aromatic amines is 2. The van der Waals surface area contributed by atoms with Crippen molar-refractivity contribution in [1.29, 1.82) is 16.2 Å². The highest BCUT2D eigenvalue weighted by atomic mass is 16.4. The molecule has 804 valence electrons. The van der Waals surface area contributed by atoms with Gasteiger partial charge in [0.1, 0.15) is 96.7 Å². The van der Waals surface area contributed by atoms with Gasteiger partial charge in [-0.2, -0.15) is 0 Å². The summed E-state index contributed by atoms with van der Waals surface area (Å²) in [5, 5.41) is 109. The van der Waals surface area contributed by atoms with Gasteiger partial charge in [0.25, 0.3) is 0 Å². The lowest BCUT2D eigenvalue weighted by molar-refractivity contribution is -0.145. The SMILES string of the molecule is CC(C)C[C@H](NC(=O)[C@H](CO)NC(=O)CNC(=O)[C@H](Cc1c[nH]cn1)NC(=O)[C@H](CCCNC(=N)N)NC(=O)[C@@H]1CCCN1C(=O)[C@H](C)NC(=O)[C@H](CO)NC(=O)[C@H](Cc1ccccc1)NC(=O)[C@H](CCCCN)NC(=O)[C@H](CCCNC(=N)N)NC(=O)[C@H](Cc1c[nH]cn1)NC(=O)[C@@H](N)CO)C(=O)NCC(=O)N[C@@H](Cc1ccccc1)C(=O)N[C@@H](CC(C)C)C(=O)N1CCC[C@H]1C(=O)N[C@@H](CCCNC(=N)N)C(=O)O. The van der Waals surface area contributed by atoms with Gasteiger partial charge in [0.05, 0.1) is 57.0 Å². The maximum absolute atomic E-state index is 14.7. The van der Waals surface area contributed by atoms with E-state index < -0.39 is 242 Å². The number of amides is 17. The summed E-state index contributed by atoms with van der Waals surface area (Å²) >= 11 is 0. The normalized spacial score (nSPS) is 16.1. The highest BCUT2D eigenvalue weighted by Crippen LogP contribution is 2.24. The molecule has 16 atom stereocenters. The number of nitrogens with one attached hydrogen (secondary N) is 23. The molecule has 37 N–H and O–H groups in total. The van der Waals surface area contributed by atoms with Crippen LogP contribution in [0.1, 0.15) is 153 Å². The fourth-order valence-corrected chi connectivity index (χ4v) is 16.0. The molecule has 4 aromatic rings. The standard InChI is InChI=1S/C92H144N32O22/c1-50(2)35-62(75(131)106-43-72(128)111-63(37-53-19-8-6-9-20-53)80(136)121-67(36-51(3)4)88(144)124-34-18-28-71(124)86(142)116-61(89(145)146)26-16-32-105-92(99)100)118-84(140)68(46-126)112-73(129)44-107-76(132)65(39-55-41-101-48-108-55)120-79(135)60(25-15-31-104-91(97)98)115-85(141)70-27-17-33-123(70)87(143)52(5)110-83(139)69(47-127)122-81(137)64(38-54-21-10-7-11-22-54)119-78(134)58(23-12-13-29-93)113-77(133)59(24-14-30-103-90(95)96)114-82(138)66(40-56-42-102-49-109-56)117-74(130)57(94)45-125/h6-11,19-22,41-42,48-52,57-71,125-127H,12-18,23-40,43-47,93-94H2,1-5H3,(H,101,108)(H,102,109)(H,106,131)(H,107,132)(H,110,139)(H,111,128)(H,112,129)(H,113,133)(H,114,138)(H,115,141)(H,116,142)(H,117,130)(H,118,140)(H,119,134)(H,120,135)(H,121,136)(H,122,137)(H,145,146)(H4,95,96,103)(H4,97,98,104)(H4,99,100,105)/t52-,57-,58-,59-,60-,61-,62-,63-,64-,65-,66-,67-,68-,69-,70-,71-/m0/s1.